The van der Waals surface area contributed by atoms with E-state index in [1.165, 1.54) is 105 Å². The molecule has 20 rings (SSSR count). The van der Waals surface area contributed by atoms with Gasteiger partial charge in [0.2, 0.25) is 0 Å². The molecule has 14 aromatic rings. The highest BCUT2D eigenvalue weighted by molar-refractivity contribution is 6.07. The summed E-state index contributed by atoms with van der Waals surface area (Å²) in [4.78, 5) is 0. The molecule has 0 N–H and O–H groups in total. The highest BCUT2D eigenvalue weighted by Gasteiger charge is 2.58. The van der Waals surface area contributed by atoms with Gasteiger partial charge in [-0.3, -0.25) is 0 Å². The van der Waals surface area contributed by atoms with Gasteiger partial charge >= 0.3 is 0 Å². The van der Waals surface area contributed by atoms with Crippen LogP contribution < -0.4 is 14.2 Å². The maximum absolute atomic E-state index is 6.52. The third-order valence-corrected chi connectivity index (χ3v) is 21.7. The van der Waals surface area contributed by atoms with E-state index in [2.05, 4.69) is 280 Å². The van der Waals surface area contributed by atoms with E-state index < -0.39 is 10.8 Å². The summed E-state index contributed by atoms with van der Waals surface area (Å²) in [6, 6.07) is 97.0. The quantitative estimate of drug-likeness (QED) is 0.0585. The van der Waals surface area contributed by atoms with Gasteiger partial charge in [0.1, 0.15) is 73.7 Å². The third kappa shape index (κ3) is 9.60. The summed E-state index contributed by atoms with van der Waals surface area (Å²) in [6.07, 6.45) is 4.62. The van der Waals surface area contributed by atoms with E-state index in [4.69, 9.17) is 37.9 Å². The number of hydrogen-bond donors (Lipinski definition) is 0. The first-order valence-electron chi connectivity index (χ1n) is 34.5. The Morgan fingerprint density at radius 1 is 0.367 bits per heavy atom. The molecule has 6 aliphatic rings. The molecule has 476 valence electrons. The van der Waals surface area contributed by atoms with Crippen molar-refractivity contribution in [2.75, 3.05) is 46.2 Å². The minimum Gasteiger partial charge on any atom is -0.491 e. The third-order valence-electron chi connectivity index (χ3n) is 21.7. The van der Waals surface area contributed by atoms with E-state index in [1.54, 1.807) is 0 Å². The molecule has 0 amide bonds. The zero-order chi connectivity index (χ0) is 64.6. The summed E-state index contributed by atoms with van der Waals surface area (Å²) in [5.41, 5.74) is 16.2. The Hall–Kier alpha value is -10.4. The van der Waals surface area contributed by atoms with Crippen molar-refractivity contribution in [2.45, 2.75) is 54.4 Å². The topological polar surface area (TPSA) is 87.0 Å². The largest absolute Gasteiger partial charge is 0.491 e. The van der Waals surface area contributed by atoms with Crippen LogP contribution in [0.4, 0.5) is 0 Å². The van der Waals surface area contributed by atoms with Gasteiger partial charge in [0.25, 0.3) is 0 Å². The van der Waals surface area contributed by atoms with E-state index in [1.807, 2.05) is 0 Å². The normalized spacial score (nSPS) is 21.2. The maximum atomic E-state index is 6.52. The van der Waals surface area contributed by atoms with E-state index in [9.17, 15) is 0 Å². The van der Waals surface area contributed by atoms with Crippen molar-refractivity contribution in [1.29, 1.82) is 0 Å². The second-order valence-corrected chi connectivity index (χ2v) is 27.5. The molecular formula is C90H68O8. The van der Waals surface area contributed by atoms with Gasteiger partial charge < -0.3 is 37.9 Å². The lowest BCUT2D eigenvalue weighted by molar-refractivity contribution is 0.141. The Kier molecular flexibility index (Phi) is 13.5. The average molecular weight is 1280 g/mol. The van der Waals surface area contributed by atoms with Crippen LogP contribution in [0.25, 0.3) is 93.0 Å². The molecule has 0 aromatic heterocycles. The SMILES string of the molecule is Cc1ccc(C2(c3ccc4cc(OCC5CO5)ccc4c3)c3c(ccc4ccccc34)-c3ccc4ccccc4c32)cc1/C=C\COCC1OC1C1OC1COc1ccc2cc(C3(c4ccc5cc(OCC6CO6)ccc5c4)c4ccccc4-c4ccc5ccccc5c43)ccc2c1. The molecule has 4 saturated heterocycles. The second-order valence-electron chi connectivity index (χ2n) is 27.5. The maximum Gasteiger partial charge on any atom is 0.121 e. The lowest BCUT2D eigenvalue weighted by atomic mass is 9.65. The Labute approximate surface area is 568 Å². The first-order chi connectivity index (χ1) is 48.4. The Balaban J connectivity index is 0.537. The number of hydrogen-bond acceptors (Lipinski definition) is 8. The first kappa shape index (κ1) is 57.8. The van der Waals surface area contributed by atoms with Crippen molar-refractivity contribution in [3.05, 3.63) is 323 Å². The van der Waals surface area contributed by atoms with Crippen LogP contribution in [0.5, 0.6) is 17.2 Å². The Morgan fingerprint density at radius 3 is 1.29 bits per heavy atom. The average Bonchev–Trinajstić information content (AvgIpc) is 1.51. The van der Waals surface area contributed by atoms with Crippen LogP contribution in [0.3, 0.4) is 0 Å². The van der Waals surface area contributed by atoms with Crippen LogP contribution >= 0.6 is 0 Å². The van der Waals surface area contributed by atoms with Crippen LogP contribution in [0, 0.1) is 6.92 Å². The van der Waals surface area contributed by atoms with Crippen molar-refractivity contribution in [3.8, 4) is 39.5 Å². The van der Waals surface area contributed by atoms with E-state index in [-0.39, 0.29) is 36.6 Å². The van der Waals surface area contributed by atoms with Crippen LogP contribution in [-0.4, -0.2) is 82.9 Å². The zero-order valence-electron chi connectivity index (χ0n) is 54.2. The van der Waals surface area contributed by atoms with Crippen molar-refractivity contribution in [1.82, 2.24) is 0 Å². The van der Waals surface area contributed by atoms with E-state index in [0.29, 0.717) is 33.0 Å². The van der Waals surface area contributed by atoms with Crippen molar-refractivity contribution in [2.24, 2.45) is 0 Å². The molecule has 0 bridgehead atoms. The Morgan fingerprint density at radius 2 is 0.765 bits per heavy atom. The summed E-state index contributed by atoms with van der Waals surface area (Å²) < 4.78 is 48.5. The summed E-state index contributed by atoms with van der Waals surface area (Å²) in [7, 11) is 0. The van der Waals surface area contributed by atoms with Crippen molar-refractivity contribution in [3.63, 3.8) is 0 Å². The van der Waals surface area contributed by atoms with Gasteiger partial charge in [0, 0.05) is 0 Å². The predicted octanol–water partition coefficient (Wildman–Crippen LogP) is 18.8. The van der Waals surface area contributed by atoms with Crippen molar-refractivity contribution >= 4 is 70.7 Å². The summed E-state index contributed by atoms with van der Waals surface area (Å²) in [5, 5.41) is 14.3. The van der Waals surface area contributed by atoms with Gasteiger partial charge in [-0.2, -0.15) is 0 Å². The molecule has 0 saturated carbocycles. The molecule has 98 heavy (non-hydrogen) atoms. The lowest BCUT2D eigenvalue weighted by Crippen LogP contribution is -2.29. The number of benzene rings is 14. The Bertz CT molecular complexity index is 5540. The predicted molar refractivity (Wildman–Crippen MR) is 390 cm³/mol. The van der Waals surface area contributed by atoms with Gasteiger partial charge in [-0.1, -0.05) is 212 Å². The molecule has 0 radical (unpaired) electrons. The van der Waals surface area contributed by atoms with Gasteiger partial charge in [-0.25, -0.2) is 0 Å². The van der Waals surface area contributed by atoms with Crippen LogP contribution in [0.1, 0.15) is 55.6 Å². The number of rotatable bonds is 19. The van der Waals surface area contributed by atoms with Crippen LogP contribution in [0.15, 0.2) is 267 Å². The summed E-state index contributed by atoms with van der Waals surface area (Å²) >= 11 is 0. The fraction of sp³-hybridized carbons (Fsp3) is 0.178. The van der Waals surface area contributed by atoms with Crippen LogP contribution in [0.2, 0.25) is 0 Å². The lowest BCUT2D eigenvalue weighted by Gasteiger charge is -2.36. The molecule has 7 unspecified atom stereocenters. The number of ether oxygens (including phenoxy) is 8. The highest BCUT2D eigenvalue weighted by Crippen LogP contribution is 2.62. The van der Waals surface area contributed by atoms with E-state index >= 15 is 0 Å². The minimum atomic E-state index is -0.676. The molecular weight excluding hydrogens is 1210 g/mol. The first-order valence-corrected chi connectivity index (χ1v) is 34.5. The van der Waals surface area contributed by atoms with Gasteiger partial charge in [0.05, 0.1) is 37.3 Å². The molecule has 4 fully saturated rings. The molecule has 8 nitrogen and oxygen atoms in total. The van der Waals surface area contributed by atoms with Crippen LogP contribution in [-0.2, 0) is 34.5 Å². The molecule has 4 aliphatic heterocycles. The van der Waals surface area contributed by atoms with Gasteiger partial charge in [-0.15, -0.1) is 0 Å². The molecule has 0 spiro atoms. The molecule has 4 heterocycles. The van der Waals surface area contributed by atoms with Crippen molar-refractivity contribution < 1.29 is 37.9 Å². The molecule has 14 aromatic carbocycles. The smallest absolute Gasteiger partial charge is 0.121 e. The summed E-state index contributed by atoms with van der Waals surface area (Å²) in [5.74, 6) is 2.53. The minimum absolute atomic E-state index is 0.0215. The number of fused-ring (bicyclic) bond motifs is 15. The number of aryl methyl sites for hydroxylation is 1. The molecule has 2 aliphatic carbocycles. The van der Waals surface area contributed by atoms with Gasteiger partial charge in [0.15, 0.2) is 0 Å². The van der Waals surface area contributed by atoms with E-state index in [0.717, 1.165) is 68.3 Å². The monoisotopic (exact) mass is 1280 g/mol. The summed E-state index contributed by atoms with van der Waals surface area (Å²) in [6.45, 7) is 6.24. The fourth-order valence-electron chi connectivity index (χ4n) is 16.7. The van der Waals surface area contributed by atoms with Gasteiger partial charge in [-0.05, 0) is 210 Å². The molecule has 7 atom stereocenters. The molecule has 8 heteroatoms. The number of epoxide rings is 4. The zero-order valence-corrected chi connectivity index (χ0v) is 54.2. The standard InChI is InChI=1S/C90H68O8/c1-54-20-30-67(90(68-33-23-64-46-70(35-25-61(64)44-68)93-49-73-51-95-73)85-75-16-6-3-12-56(75)28-38-79(85)80-39-29-57-13-4-7-17-76(57)86(80)90)41-58(54)14-10-40-91-52-82-87(97-82)88-83(98-88)53-96-71-36-26-60-43-66(32-22-63(60)47-71)89(65-31-21-62-45-69(34-24-59(62)42-65)92-48-72-50-94-72)81-19-9-8-18-77(81)78-37-27-55-11-2-5-15-74(55)84(78)89/h2-39,41-47,72-73,82-83,87-88H,40,48-53H2,1H3/b14-10-. The highest BCUT2D eigenvalue weighted by atomic mass is 16.7. The fourth-order valence-corrected chi connectivity index (χ4v) is 16.7. The second kappa shape index (κ2) is 22.9.